The normalized spacial score (nSPS) is 24.6. The number of hydrogen-bond donors (Lipinski definition) is 0. The van der Waals surface area contributed by atoms with Crippen LogP contribution in [0.25, 0.3) is 0 Å². The van der Waals surface area contributed by atoms with E-state index < -0.39 is 15.9 Å². The SMILES string of the molecule is C[C@H](Oc1ccccc1)C(=O)N=C1S[C@@H]2CS(=O)(=O)C[C@@H]2N1CCc1ccccc1. The second kappa shape index (κ2) is 8.81. The van der Waals surface area contributed by atoms with E-state index in [1.165, 1.54) is 17.3 Å². The fraction of sp³-hybridized carbons (Fsp3) is 0.364. The topological polar surface area (TPSA) is 76.0 Å². The van der Waals surface area contributed by atoms with Crippen LogP contribution in [0.1, 0.15) is 12.5 Å². The van der Waals surface area contributed by atoms with Crippen molar-refractivity contribution in [1.82, 2.24) is 4.90 Å². The van der Waals surface area contributed by atoms with Gasteiger partial charge in [0.1, 0.15) is 5.75 Å². The number of nitrogens with zero attached hydrogens (tertiary/aromatic N) is 2. The summed E-state index contributed by atoms with van der Waals surface area (Å²) in [5.74, 6) is 0.492. The van der Waals surface area contributed by atoms with Crippen LogP contribution >= 0.6 is 11.8 Å². The molecule has 0 bridgehead atoms. The van der Waals surface area contributed by atoms with E-state index in [1.807, 2.05) is 53.4 Å². The quantitative estimate of drug-likeness (QED) is 0.682. The van der Waals surface area contributed by atoms with Crippen molar-refractivity contribution in [3.63, 3.8) is 0 Å². The van der Waals surface area contributed by atoms with Crippen molar-refractivity contribution in [2.75, 3.05) is 18.1 Å². The van der Waals surface area contributed by atoms with Crippen molar-refractivity contribution in [3.8, 4) is 5.75 Å². The van der Waals surface area contributed by atoms with Crippen molar-refractivity contribution < 1.29 is 17.9 Å². The fourth-order valence-electron chi connectivity index (χ4n) is 3.73. The van der Waals surface area contributed by atoms with Crippen molar-refractivity contribution in [2.45, 2.75) is 30.7 Å². The van der Waals surface area contributed by atoms with Crippen LogP contribution in [-0.2, 0) is 21.1 Å². The number of sulfone groups is 1. The molecule has 1 amide bonds. The average molecular weight is 445 g/mol. The van der Waals surface area contributed by atoms with Gasteiger partial charge < -0.3 is 9.64 Å². The van der Waals surface area contributed by atoms with Crippen LogP contribution in [0.5, 0.6) is 5.75 Å². The summed E-state index contributed by atoms with van der Waals surface area (Å²) in [5, 5.41) is 0.520. The van der Waals surface area contributed by atoms with E-state index >= 15 is 0 Å². The number of thioether (sulfide) groups is 1. The minimum atomic E-state index is -3.06. The number of aliphatic imine (C=N–C) groups is 1. The van der Waals surface area contributed by atoms with Gasteiger partial charge in [-0.2, -0.15) is 4.99 Å². The second-order valence-corrected chi connectivity index (χ2v) is 10.9. The molecule has 2 aliphatic rings. The number of ether oxygens (including phenoxy) is 1. The van der Waals surface area contributed by atoms with Crippen LogP contribution in [-0.4, -0.2) is 59.8 Å². The van der Waals surface area contributed by atoms with E-state index in [9.17, 15) is 13.2 Å². The maximum atomic E-state index is 12.7. The molecule has 158 valence electrons. The van der Waals surface area contributed by atoms with Gasteiger partial charge in [0, 0.05) is 11.8 Å². The highest BCUT2D eigenvalue weighted by molar-refractivity contribution is 8.15. The lowest BCUT2D eigenvalue weighted by Crippen LogP contribution is -2.39. The summed E-state index contributed by atoms with van der Waals surface area (Å²) in [5.41, 5.74) is 1.17. The van der Waals surface area contributed by atoms with Gasteiger partial charge in [-0.1, -0.05) is 60.3 Å². The van der Waals surface area contributed by atoms with Gasteiger partial charge in [-0.25, -0.2) is 8.42 Å². The minimum Gasteiger partial charge on any atom is -0.481 e. The number of fused-ring (bicyclic) bond motifs is 1. The van der Waals surface area contributed by atoms with Gasteiger partial charge in [-0.05, 0) is 31.0 Å². The standard InChI is InChI=1S/C22H24N2O4S2/c1-16(28-18-10-6-3-7-11-18)21(25)23-22-24(13-12-17-8-4-2-5-9-17)19-14-30(26,27)15-20(19)29-22/h2-11,16,19-20H,12-15H2,1H3/t16-,19-,20+/m0/s1. The van der Waals surface area contributed by atoms with E-state index in [0.29, 0.717) is 17.5 Å². The predicted octanol–water partition coefficient (Wildman–Crippen LogP) is 2.79. The van der Waals surface area contributed by atoms with Crippen LogP contribution in [0.3, 0.4) is 0 Å². The summed E-state index contributed by atoms with van der Waals surface area (Å²) in [7, 11) is -3.06. The Morgan fingerprint density at radius 3 is 2.50 bits per heavy atom. The second-order valence-electron chi connectivity index (χ2n) is 7.54. The monoisotopic (exact) mass is 444 g/mol. The van der Waals surface area contributed by atoms with Gasteiger partial charge in [-0.3, -0.25) is 4.79 Å². The van der Waals surface area contributed by atoms with Crippen LogP contribution in [0.2, 0.25) is 0 Å². The first-order chi connectivity index (χ1) is 14.4. The molecule has 0 saturated carbocycles. The molecule has 6 nitrogen and oxygen atoms in total. The molecule has 2 fully saturated rings. The molecule has 2 aliphatic heterocycles. The summed E-state index contributed by atoms with van der Waals surface area (Å²) >= 11 is 1.40. The molecule has 30 heavy (non-hydrogen) atoms. The Balaban J connectivity index is 1.50. The van der Waals surface area contributed by atoms with Crippen molar-refractivity contribution >= 4 is 32.7 Å². The number of amides is 1. The highest BCUT2D eigenvalue weighted by atomic mass is 32.2. The third kappa shape index (κ3) is 4.87. The van der Waals surface area contributed by atoms with E-state index in [4.69, 9.17) is 4.74 Å². The number of carbonyl (C=O) groups excluding carboxylic acids is 1. The molecule has 8 heteroatoms. The number of rotatable bonds is 6. The van der Waals surface area contributed by atoms with E-state index in [0.717, 1.165) is 6.42 Å². The largest absolute Gasteiger partial charge is 0.481 e. The number of para-hydroxylation sites is 1. The number of hydrogen-bond acceptors (Lipinski definition) is 5. The lowest BCUT2D eigenvalue weighted by Gasteiger charge is -2.24. The van der Waals surface area contributed by atoms with E-state index in [-0.39, 0.29) is 28.7 Å². The van der Waals surface area contributed by atoms with E-state index in [1.54, 1.807) is 19.1 Å². The van der Waals surface area contributed by atoms with Crippen LogP contribution in [0.15, 0.2) is 65.7 Å². The predicted molar refractivity (Wildman–Crippen MR) is 120 cm³/mol. The van der Waals surface area contributed by atoms with Gasteiger partial charge in [0.25, 0.3) is 5.91 Å². The highest BCUT2D eigenvalue weighted by Gasteiger charge is 2.48. The highest BCUT2D eigenvalue weighted by Crippen LogP contribution is 2.38. The lowest BCUT2D eigenvalue weighted by molar-refractivity contribution is -0.123. The van der Waals surface area contributed by atoms with Crippen molar-refractivity contribution in [3.05, 3.63) is 66.2 Å². The zero-order chi connectivity index (χ0) is 21.1. The first-order valence-electron chi connectivity index (χ1n) is 9.93. The maximum Gasteiger partial charge on any atom is 0.288 e. The van der Waals surface area contributed by atoms with E-state index in [2.05, 4.69) is 4.99 Å². The molecule has 4 rings (SSSR count). The fourth-order valence-corrected chi connectivity index (χ4v) is 7.71. The van der Waals surface area contributed by atoms with Crippen molar-refractivity contribution in [1.29, 1.82) is 0 Å². The van der Waals surface area contributed by atoms with Gasteiger partial charge in [0.2, 0.25) is 0 Å². The Morgan fingerprint density at radius 1 is 1.13 bits per heavy atom. The first kappa shape index (κ1) is 20.9. The lowest BCUT2D eigenvalue weighted by atomic mass is 10.1. The zero-order valence-corrected chi connectivity index (χ0v) is 18.3. The smallest absolute Gasteiger partial charge is 0.288 e. The Hall–Kier alpha value is -2.32. The molecule has 0 unspecified atom stereocenters. The zero-order valence-electron chi connectivity index (χ0n) is 16.7. The summed E-state index contributed by atoms with van der Waals surface area (Å²) in [6, 6.07) is 19.0. The number of carbonyl (C=O) groups is 1. The Bertz CT molecular complexity index is 1030. The minimum absolute atomic E-state index is 0.0809. The Kier molecular flexibility index (Phi) is 6.15. The molecule has 3 atom stereocenters. The Morgan fingerprint density at radius 2 is 1.80 bits per heavy atom. The summed E-state index contributed by atoms with van der Waals surface area (Å²) in [6.45, 7) is 2.30. The van der Waals surface area contributed by atoms with Crippen LogP contribution in [0, 0.1) is 0 Å². The van der Waals surface area contributed by atoms with Gasteiger partial charge in [0.05, 0.1) is 17.5 Å². The molecule has 2 aromatic rings. The third-order valence-corrected chi connectivity index (χ3v) is 8.52. The molecular weight excluding hydrogens is 420 g/mol. The Labute approximate surface area is 181 Å². The van der Waals surface area contributed by atoms with Crippen LogP contribution in [0.4, 0.5) is 0 Å². The van der Waals surface area contributed by atoms with Crippen LogP contribution < -0.4 is 4.74 Å². The molecule has 2 aromatic carbocycles. The maximum absolute atomic E-state index is 12.7. The molecular formula is C22H24N2O4S2. The van der Waals surface area contributed by atoms with Gasteiger partial charge in [-0.15, -0.1) is 0 Å². The summed E-state index contributed by atoms with van der Waals surface area (Å²) in [6.07, 6.45) is 0.0363. The molecule has 0 aliphatic carbocycles. The molecule has 0 spiro atoms. The van der Waals surface area contributed by atoms with Crippen molar-refractivity contribution in [2.24, 2.45) is 4.99 Å². The number of amidine groups is 1. The molecule has 0 aromatic heterocycles. The molecule has 0 N–H and O–H groups in total. The number of benzene rings is 2. The molecule has 0 radical (unpaired) electrons. The molecule has 2 heterocycles. The molecule has 2 saturated heterocycles. The summed E-state index contributed by atoms with van der Waals surface area (Å²) < 4.78 is 30.0. The van der Waals surface area contributed by atoms with Gasteiger partial charge >= 0.3 is 0 Å². The summed E-state index contributed by atoms with van der Waals surface area (Å²) in [4.78, 5) is 19.0. The average Bonchev–Trinajstić information content (AvgIpc) is 3.18. The third-order valence-electron chi connectivity index (χ3n) is 5.27. The first-order valence-corrected chi connectivity index (χ1v) is 12.6. The van der Waals surface area contributed by atoms with Gasteiger partial charge in [0.15, 0.2) is 21.1 Å².